The van der Waals surface area contributed by atoms with E-state index in [1.807, 2.05) is 0 Å². The highest BCUT2D eigenvalue weighted by Gasteiger charge is 2.68. The van der Waals surface area contributed by atoms with E-state index in [2.05, 4.69) is 0 Å². The Hall–Kier alpha value is -1.59. The third-order valence-electron chi connectivity index (χ3n) is 4.21. The van der Waals surface area contributed by atoms with Crippen LogP contribution in [0.25, 0.3) is 0 Å². The summed E-state index contributed by atoms with van der Waals surface area (Å²) in [7, 11) is 0. The van der Waals surface area contributed by atoms with Gasteiger partial charge < -0.3 is 9.47 Å². The summed E-state index contributed by atoms with van der Waals surface area (Å²) in [6.07, 6.45) is -0.931. The van der Waals surface area contributed by atoms with Crippen molar-refractivity contribution in [3.63, 3.8) is 0 Å². The molecule has 0 N–H and O–H groups in total. The summed E-state index contributed by atoms with van der Waals surface area (Å²) in [5, 5.41) is 0. The van der Waals surface area contributed by atoms with Gasteiger partial charge in [-0.2, -0.15) is 0 Å². The molecule has 0 spiro atoms. The Labute approximate surface area is 108 Å². The largest absolute Gasteiger partial charge is 0.343 e. The van der Waals surface area contributed by atoms with Gasteiger partial charge in [0.25, 0.3) is 0 Å². The van der Waals surface area contributed by atoms with Crippen molar-refractivity contribution >= 4 is 11.6 Å². The number of ketones is 2. The van der Waals surface area contributed by atoms with Gasteiger partial charge in [0, 0.05) is 23.3 Å². The molecule has 1 saturated carbocycles. The quantitative estimate of drug-likeness (QED) is 0.751. The second-order valence-electron chi connectivity index (χ2n) is 5.24. The Bertz CT molecular complexity index is 567. The Morgan fingerprint density at radius 3 is 2.74 bits per heavy atom. The number of benzene rings is 1. The van der Waals surface area contributed by atoms with Gasteiger partial charge in [-0.25, -0.2) is 4.39 Å². The molecule has 2 aliphatic heterocycles. The minimum absolute atomic E-state index is 0.0659. The van der Waals surface area contributed by atoms with Crippen LogP contribution in [0.1, 0.15) is 10.4 Å². The highest BCUT2D eigenvalue weighted by Crippen LogP contribution is 2.57. The highest BCUT2D eigenvalue weighted by molar-refractivity contribution is 6.05. The van der Waals surface area contributed by atoms with Crippen molar-refractivity contribution in [2.45, 2.75) is 12.4 Å². The van der Waals surface area contributed by atoms with E-state index in [4.69, 9.17) is 9.47 Å². The number of rotatable bonds is 2. The van der Waals surface area contributed by atoms with Crippen LogP contribution in [-0.4, -0.2) is 30.6 Å². The summed E-state index contributed by atoms with van der Waals surface area (Å²) in [6.45, 7) is 0.380. The smallest absolute Gasteiger partial charge is 0.218 e. The van der Waals surface area contributed by atoms with Gasteiger partial charge in [-0.1, -0.05) is 0 Å². The molecule has 0 radical (unpaired) electrons. The van der Waals surface area contributed by atoms with E-state index in [9.17, 15) is 14.0 Å². The average Bonchev–Trinajstić information content (AvgIpc) is 3.02. The molecule has 0 aromatic heterocycles. The second kappa shape index (κ2) is 3.71. The lowest BCUT2D eigenvalue weighted by Gasteiger charge is -2.14. The van der Waals surface area contributed by atoms with E-state index in [1.54, 1.807) is 0 Å². The zero-order chi connectivity index (χ0) is 13.1. The molecular formula is C14H11FO4. The van der Waals surface area contributed by atoms with Gasteiger partial charge in [0.15, 0.2) is 11.6 Å². The van der Waals surface area contributed by atoms with Crippen LogP contribution in [0.3, 0.4) is 0 Å². The number of fused-ring (bicyclic) bond motifs is 4. The summed E-state index contributed by atoms with van der Waals surface area (Å²) in [6, 6.07) is 5.43. The fourth-order valence-electron chi connectivity index (χ4n) is 3.24. The van der Waals surface area contributed by atoms with E-state index in [0.29, 0.717) is 12.2 Å². The van der Waals surface area contributed by atoms with Crippen molar-refractivity contribution < 1.29 is 23.5 Å². The van der Waals surface area contributed by atoms with Crippen LogP contribution in [0.15, 0.2) is 24.3 Å². The third-order valence-corrected chi connectivity index (χ3v) is 4.21. The lowest BCUT2D eigenvalue weighted by atomic mass is 10.0. The standard InChI is InChI=1S/C14H11FO4/c15-7-3-1-6(2-4-7)12(16)10-9-8-5-18-14(19-8)13(17)11(9)10/h1-4,8-11,14H,5H2/t8-,9+,10-,11+,14+/m0/s1. The molecule has 0 unspecified atom stereocenters. The first kappa shape index (κ1) is 11.3. The number of hydrogen-bond acceptors (Lipinski definition) is 4. The van der Waals surface area contributed by atoms with Crippen LogP contribution in [0.2, 0.25) is 0 Å². The molecule has 5 atom stereocenters. The minimum Gasteiger partial charge on any atom is -0.343 e. The molecule has 3 aliphatic rings. The fourth-order valence-corrected chi connectivity index (χ4v) is 3.24. The Balaban J connectivity index is 1.60. The molecule has 3 fully saturated rings. The normalized spacial score (nSPS) is 39.0. The average molecular weight is 262 g/mol. The number of ether oxygens (including phenoxy) is 2. The molecule has 1 aromatic carbocycles. The van der Waals surface area contributed by atoms with Gasteiger partial charge >= 0.3 is 0 Å². The predicted molar refractivity (Wildman–Crippen MR) is 60.8 cm³/mol. The molecule has 5 heteroatoms. The molecule has 2 heterocycles. The summed E-state index contributed by atoms with van der Waals surface area (Å²) in [4.78, 5) is 24.3. The van der Waals surface area contributed by atoms with E-state index >= 15 is 0 Å². The monoisotopic (exact) mass is 262 g/mol. The second-order valence-corrected chi connectivity index (χ2v) is 5.24. The predicted octanol–water partition coefficient (Wildman–Crippen LogP) is 1.19. The maximum atomic E-state index is 12.8. The Morgan fingerprint density at radius 2 is 2.00 bits per heavy atom. The van der Waals surface area contributed by atoms with Crippen molar-refractivity contribution in [3.05, 3.63) is 35.6 Å². The Morgan fingerprint density at radius 1 is 1.26 bits per heavy atom. The van der Waals surface area contributed by atoms with E-state index < -0.39 is 6.29 Å². The van der Waals surface area contributed by atoms with Gasteiger partial charge in [0.2, 0.25) is 6.29 Å². The first-order chi connectivity index (χ1) is 9.16. The van der Waals surface area contributed by atoms with E-state index in [-0.39, 0.29) is 41.2 Å². The molecule has 2 saturated heterocycles. The van der Waals surface area contributed by atoms with E-state index in [0.717, 1.165) is 0 Å². The maximum Gasteiger partial charge on any atom is 0.218 e. The van der Waals surface area contributed by atoms with Crippen LogP contribution >= 0.6 is 0 Å². The summed E-state index contributed by atoms with van der Waals surface area (Å²) >= 11 is 0. The van der Waals surface area contributed by atoms with Crippen LogP contribution < -0.4 is 0 Å². The highest BCUT2D eigenvalue weighted by atomic mass is 19.1. The topological polar surface area (TPSA) is 52.6 Å². The zero-order valence-corrected chi connectivity index (χ0v) is 9.91. The lowest BCUT2D eigenvalue weighted by Crippen LogP contribution is -2.30. The molecular weight excluding hydrogens is 251 g/mol. The molecule has 1 aliphatic carbocycles. The van der Waals surface area contributed by atoms with Crippen LogP contribution in [0.4, 0.5) is 4.39 Å². The van der Waals surface area contributed by atoms with Crippen molar-refractivity contribution in [2.24, 2.45) is 17.8 Å². The SMILES string of the molecule is O=C(c1ccc(F)cc1)[C@@H]1[C@@H]2C(=O)[C@@H]3OC[C@H](O3)[C@H]12. The van der Waals surface area contributed by atoms with Gasteiger partial charge in [0.1, 0.15) is 5.82 Å². The van der Waals surface area contributed by atoms with Crippen LogP contribution in [0.5, 0.6) is 0 Å². The molecule has 1 aromatic rings. The maximum absolute atomic E-state index is 12.8. The van der Waals surface area contributed by atoms with Gasteiger partial charge in [-0.15, -0.1) is 0 Å². The van der Waals surface area contributed by atoms with E-state index in [1.165, 1.54) is 24.3 Å². The number of carbonyl (C=O) groups is 2. The summed E-state index contributed by atoms with van der Waals surface area (Å²) in [5.41, 5.74) is 0.449. The van der Waals surface area contributed by atoms with Gasteiger partial charge in [-0.3, -0.25) is 9.59 Å². The number of Topliss-reactive ketones (excluding diaryl/α,β-unsaturated/α-hetero) is 2. The Kier molecular flexibility index (Phi) is 2.20. The molecule has 98 valence electrons. The molecule has 4 rings (SSSR count). The third kappa shape index (κ3) is 1.52. The minimum atomic E-state index is -0.780. The molecule has 2 bridgehead atoms. The van der Waals surface area contributed by atoms with Crippen molar-refractivity contribution in [2.75, 3.05) is 6.61 Å². The summed E-state index contributed by atoms with van der Waals surface area (Å²) < 4.78 is 23.5. The van der Waals surface area contributed by atoms with Gasteiger partial charge in [0.05, 0.1) is 12.7 Å². The zero-order valence-electron chi connectivity index (χ0n) is 9.91. The first-order valence-electron chi connectivity index (χ1n) is 6.27. The number of halogens is 1. The molecule has 0 amide bonds. The number of hydrogen-bond donors (Lipinski definition) is 0. The van der Waals surface area contributed by atoms with Crippen molar-refractivity contribution in [1.82, 2.24) is 0 Å². The van der Waals surface area contributed by atoms with Crippen molar-refractivity contribution in [3.8, 4) is 0 Å². The van der Waals surface area contributed by atoms with Crippen LogP contribution in [-0.2, 0) is 14.3 Å². The molecule has 4 nitrogen and oxygen atoms in total. The van der Waals surface area contributed by atoms with Crippen molar-refractivity contribution in [1.29, 1.82) is 0 Å². The fraction of sp³-hybridized carbons (Fsp3) is 0.429. The number of carbonyl (C=O) groups excluding carboxylic acids is 2. The summed E-state index contributed by atoms with van der Waals surface area (Å²) in [5.74, 6) is -1.26. The first-order valence-corrected chi connectivity index (χ1v) is 6.27. The lowest BCUT2D eigenvalue weighted by molar-refractivity contribution is -0.153. The molecule has 19 heavy (non-hydrogen) atoms. The van der Waals surface area contributed by atoms with Crippen LogP contribution in [0, 0.1) is 23.6 Å². The van der Waals surface area contributed by atoms with Gasteiger partial charge in [-0.05, 0) is 24.3 Å².